The molecule has 0 spiro atoms. The first-order chi connectivity index (χ1) is 9.13. The molecule has 5 heteroatoms. The zero-order valence-electron chi connectivity index (χ0n) is 11.3. The maximum Gasteiger partial charge on any atom is 0.303 e. The quantitative estimate of drug-likeness (QED) is 0.538. The van der Waals surface area contributed by atoms with E-state index in [1.54, 1.807) is 6.08 Å². The van der Waals surface area contributed by atoms with Gasteiger partial charge in [0.1, 0.15) is 0 Å². The number of carboxylic acid groups (broad SMARTS) is 1. The minimum Gasteiger partial charge on any atom is -0.481 e. The first-order valence-electron chi connectivity index (χ1n) is 6.81. The van der Waals surface area contributed by atoms with Gasteiger partial charge in [0.15, 0.2) is 0 Å². The minimum atomic E-state index is -0.746. The highest BCUT2D eigenvalue weighted by atomic mass is 16.5. The van der Waals surface area contributed by atoms with Crippen LogP contribution in [0.2, 0.25) is 0 Å². The van der Waals surface area contributed by atoms with Crippen molar-refractivity contribution in [2.75, 3.05) is 26.3 Å². The van der Waals surface area contributed by atoms with E-state index in [1.165, 1.54) is 0 Å². The third-order valence-electron chi connectivity index (χ3n) is 3.35. The molecule has 0 aromatic heterocycles. The number of ether oxygens (including phenoxy) is 1. The maximum atomic E-state index is 11.9. The maximum absolute atomic E-state index is 11.9. The summed E-state index contributed by atoms with van der Waals surface area (Å²) in [6, 6.07) is 0. The largest absolute Gasteiger partial charge is 0.481 e. The predicted molar refractivity (Wildman–Crippen MR) is 71.8 cm³/mol. The molecule has 1 rings (SSSR count). The molecule has 108 valence electrons. The van der Waals surface area contributed by atoms with Gasteiger partial charge in [-0.25, -0.2) is 0 Å². The zero-order chi connectivity index (χ0) is 14.1. The summed E-state index contributed by atoms with van der Waals surface area (Å²) >= 11 is 0. The lowest BCUT2D eigenvalue weighted by atomic mass is 9.93. The van der Waals surface area contributed by atoms with Gasteiger partial charge in [0.25, 0.3) is 0 Å². The Labute approximate surface area is 114 Å². The molecule has 5 nitrogen and oxygen atoms in total. The Hall–Kier alpha value is -1.36. The van der Waals surface area contributed by atoms with Crippen molar-refractivity contribution in [1.82, 2.24) is 4.90 Å². The van der Waals surface area contributed by atoms with E-state index in [2.05, 4.69) is 6.58 Å². The van der Waals surface area contributed by atoms with E-state index >= 15 is 0 Å². The van der Waals surface area contributed by atoms with Gasteiger partial charge in [-0.15, -0.1) is 6.58 Å². The Morgan fingerprint density at radius 1 is 1.37 bits per heavy atom. The van der Waals surface area contributed by atoms with Gasteiger partial charge < -0.3 is 14.7 Å². The molecule has 1 saturated heterocycles. The van der Waals surface area contributed by atoms with Crippen LogP contribution in [0, 0.1) is 5.92 Å². The van der Waals surface area contributed by atoms with Crippen molar-refractivity contribution in [2.24, 2.45) is 5.92 Å². The SMILES string of the molecule is C=CCOCCCC(=O)N1CCC(CC(=O)O)CC1. The predicted octanol–water partition coefficient (Wildman–Crippen LogP) is 1.68. The molecule has 1 aliphatic heterocycles. The number of piperidine rings is 1. The van der Waals surface area contributed by atoms with Crippen molar-refractivity contribution < 1.29 is 19.4 Å². The molecule has 0 radical (unpaired) electrons. The Morgan fingerprint density at radius 3 is 2.63 bits per heavy atom. The summed E-state index contributed by atoms with van der Waals surface area (Å²) in [5.41, 5.74) is 0. The van der Waals surface area contributed by atoms with E-state index in [-0.39, 0.29) is 18.2 Å². The van der Waals surface area contributed by atoms with Crippen LogP contribution in [-0.4, -0.2) is 48.2 Å². The van der Waals surface area contributed by atoms with E-state index in [9.17, 15) is 9.59 Å². The zero-order valence-corrected chi connectivity index (χ0v) is 11.3. The number of nitrogens with zero attached hydrogens (tertiary/aromatic N) is 1. The van der Waals surface area contributed by atoms with Gasteiger partial charge in [0, 0.05) is 32.5 Å². The molecule has 0 aromatic rings. The fourth-order valence-corrected chi connectivity index (χ4v) is 2.28. The fourth-order valence-electron chi connectivity index (χ4n) is 2.28. The first-order valence-corrected chi connectivity index (χ1v) is 6.81. The molecule has 0 atom stereocenters. The number of hydrogen-bond donors (Lipinski definition) is 1. The molecule has 0 aliphatic carbocycles. The van der Waals surface area contributed by atoms with Crippen molar-refractivity contribution in [1.29, 1.82) is 0 Å². The van der Waals surface area contributed by atoms with Crippen LogP contribution in [0.15, 0.2) is 12.7 Å². The lowest BCUT2D eigenvalue weighted by Crippen LogP contribution is -2.38. The normalized spacial score (nSPS) is 16.3. The molecule has 0 aromatic carbocycles. The summed E-state index contributed by atoms with van der Waals surface area (Å²) in [6.07, 6.45) is 4.73. The monoisotopic (exact) mass is 269 g/mol. The van der Waals surface area contributed by atoms with Crippen LogP contribution in [0.5, 0.6) is 0 Å². The Morgan fingerprint density at radius 2 is 2.05 bits per heavy atom. The van der Waals surface area contributed by atoms with Gasteiger partial charge in [-0.1, -0.05) is 6.08 Å². The van der Waals surface area contributed by atoms with Gasteiger partial charge >= 0.3 is 5.97 Å². The smallest absolute Gasteiger partial charge is 0.303 e. The summed E-state index contributed by atoms with van der Waals surface area (Å²) in [5, 5.41) is 8.73. The molecule has 0 bridgehead atoms. The van der Waals surface area contributed by atoms with Gasteiger partial charge in [-0.05, 0) is 25.2 Å². The topological polar surface area (TPSA) is 66.8 Å². The van der Waals surface area contributed by atoms with E-state index in [0.29, 0.717) is 32.7 Å². The second-order valence-corrected chi connectivity index (χ2v) is 4.89. The first kappa shape index (κ1) is 15.7. The second kappa shape index (κ2) is 8.69. The number of carboxylic acids is 1. The third kappa shape index (κ3) is 6.38. The lowest BCUT2D eigenvalue weighted by Gasteiger charge is -2.31. The van der Waals surface area contributed by atoms with Crippen molar-refractivity contribution >= 4 is 11.9 Å². The van der Waals surface area contributed by atoms with Crippen LogP contribution in [0.1, 0.15) is 32.1 Å². The summed E-state index contributed by atoms with van der Waals surface area (Å²) < 4.78 is 5.23. The highest BCUT2D eigenvalue weighted by molar-refractivity contribution is 5.76. The van der Waals surface area contributed by atoms with Gasteiger partial charge in [0.2, 0.25) is 5.91 Å². The molecular formula is C14H23NO4. The highest BCUT2D eigenvalue weighted by Gasteiger charge is 2.23. The number of carbonyl (C=O) groups excluding carboxylic acids is 1. The summed E-state index contributed by atoms with van der Waals surface area (Å²) in [4.78, 5) is 24.3. The van der Waals surface area contributed by atoms with Crippen molar-refractivity contribution in [2.45, 2.75) is 32.1 Å². The molecule has 1 fully saturated rings. The second-order valence-electron chi connectivity index (χ2n) is 4.89. The average Bonchev–Trinajstić information content (AvgIpc) is 2.38. The summed E-state index contributed by atoms with van der Waals surface area (Å²) in [5.74, 6) is -0.377. The summed E-state index contributed by atoms with van der Waals surface area (Å²) in [6.45, 7) is 6.02. The fraction of sp³-hybridized carbons (Fsp3) is 0.714. The molecular weight excluding hydrogens is 246 g/mol. The van der Waals surface area contributed by atoms with Crippen LogP contribution in [0.25, 0.3) is 0 Å². The molecule has 0 unspecified atom stereocenters. The van der Waals surface area contributed by atoms with Crippen molar-refractivity contribution in [3.8, 4) is 0 Å². The van der Waals surface area contributed by atoms with Crippen molar-refractivity contribution in [3.63, 3.8) is 0 Å². The lowest BCUT2D eigenvalue weighted by molar-refractivity contribution is -0.138. The van der Waals surface area contributed by atoms with Crippen molar-refractivity contribution in [3.05, 3.63) is 12.7 Å². The van der Waals surface area contributed by atoms with Crippen LogP contribution >= 0.6 is 0 Å². The van der Waals surface area contributed by atoms with Gasteiger partial charge in [-0.2, -0.15) is 0 Å². The van der Waals surface area contributed by atoms with E-state index in [1.807, 2.05) is 4.90 Å². The number of carbonyl (C=O) groups is 2. The number of likely N-dealkylation sites (tertiary alicyclic amines) is 1. The van der Waals surface area contributed by atoms with Crippen LogP contribution in [-0.2, 0) is 14.3 Å². The molecule has 1 aliphatic rings. The minimum absolute atomic E-state index is 0.149. The van der Waals surface area contributed by atoms with Crippen LogP contribution < -0.4 is 0 Å². The van der Waals surface area contributed by atoms with Gasteiger partial charge in [-0.3, -0.25) is 9.59 Å². The average molecular weight is 269 g/mol. The Kier molecular flexibility index (Phi) is 7.18. The molecule has 1 amide bonds. The van der Waals surface area contributed by atoms with Crippen LogP contribution in [0.3, 0.4) is 0 Å². The van der Waals surface area contributed by atoms with E-state index in [4.69, 9.17) is 9.84 Å². The highest BCUT2D eigenvalue weighted by Crippen LogP contribution is 2.21. The molecule has 0 saturated carbocycles. The molecule has 19 heavy (non-hydrogen) atoms. The summed E-state index contributed by atoms with van der Waals surface area (Å²) in [7, 11) is 0. The molecule has 1 heterocycles. The Balaban J connectivity index is 2.14. The van der Waals surface area contributed by atoms with E-state index in [0.717, 1.165) is 19.3 Å². The number of aliphatic carboxylic acids is 1. The third-order valence-corrected chi connectivity index (χ3v) is 3.35. The van der Waals surface area contributed by atoms with Gasteiger partial charge in [0.05, 0.1) is 6.61 Å². The number of rotatable bonds is 8. The number of amides is 1. The number of hydrogen-bond acceptors (Lipinski definition) is 3. The molecule has 1 N–H and O–H groups in total. The van der Waals surface area contributed by atoms with E-state index < -0.39 is 5.97 Å². The van der Waals surface area contributed by atoms with Crippen LogP contribution in [0.4, 0.5) is 0 Å². The standard InChI is InChI=1S/C14H23NO4/c1-2-9-19-10-3-4-13(16)15-7-5-12(6-8-15)11-14(17)18/h2,12H,1,3-11H2,(H,17,18). The Bertz CT molecular complexity index is 309.